The van der Waals surface area contributed by atoms with Crippen LogP contribution in [0.15, 0.2) is 65.0 Å². The van der Waals surface area contributed by atoms with Crippen molar-refractivity contribution < 1.29 is 9.53 Å². The van der Waals surface area contributed by atoms with E-state index in [2.05, 4.69) is 19.2 Å². The molecule has 1 aromatic heterocycles. The fraction of sp³-hybridized carbons (Fsp3) is 0.346. The van der Waals surface area contributed by atoms with E-state index < -0.39 is 0 Å². The number of hydrogen-bond donors (Lipinski definition) is 1. The number of anilines is 1. The summed E-state index contributed by atoms with van der Waals surface area (Å²) in [6.45, 7) is 6.83. The summed E-state index contributed by atoms with van der Waals surface area (Å²) < 4.78 is 7.47. The van der Waals surface area contributed by atoms with Gasteiger partial charge in [-0.25, -0.2) is 4.68 Å². The summed E-state index contributed by atoms with van der Waals surface area (Å²) in [6.07, 6.45) is 1.30. The molecule has 0 bridgehead atoms. The Morgan fingerprint density at radius 1 is 1.18 bits per heavy atom. The van der Waals surface area contributed by atoms with Gasteiger partial charge in [-0.2, -0.15) is 4.98 Å². The molecular formula is C26H27ClN4O2S. The molecule has 0 saturated heterocycles. The lowest BCUT2D eigenvalue weighted by atomic mass is 9.73. The molecule has 0 spiro atoms. The molecule has 2 aromatic carbocycles. The highest BCUT2D eigenvalue weighted by Crippen LogP contribution is 2.46. The predicted octanol–water partition coefficient (Wildman–Crippen LogP) is 6.28. The van der Waals surface area contributed by atoms with Crippen LogP contribution in [0.25, 0.3) is 0 Å². The van der Waals surface area contributed by atoms with Crippen LogP contribution in [0.3, 0.4) is 0 Å². The second-order valence-corrected chi connectivity index (χ2v) is 10.8. The molecule has 2 heterocycles. The van der Waals surface area contributed by atoms with Gasteiger partial charge in [0.15, 0.2) is 5.78 Å². The summed E-state index contributed by atoms with van der Waals surface area (Å²) in [5.74, 6) is 2.28. The molecule has 6 nitrogen and oxygen atoms in total. The second-order valence-electron chi connectivity index (χ2n) is 9.41. The second kappa shape index (κ2) is 9.12. The summed E-state index contributed by atoms with van der Waals surface area (Å²) in [5, 5.41) is 9.62. The number of benzene rings is 2. The highest BCUT2D eigenvalue weighted by Gasteiger charge is 2.41. The van der Waals surface area contributed by atoms with Crippen LogP contribution in [-0.4, -0.2) is 27.2 Å². The van der Waals surface area contributed by atoms with Crippen molar-refractivity contribution in [1.82, 2.24) is 14.8 Å². The maximum absolute atomic E-state index is 13.4. The van der Waals surface area contributed by atoms with Gasteiger partial charge in [0, 0.05) is 28.5 Å². The van der Waals surface area contributed by atoms with Gasteiger partial charge in [0.1, 0.15) is 11.8 Å². The Morgan fingerprint density at radius 3 is 2.68 bits per heavy atom. The number of allylic oxidation sites excluding steroid dienone is 2. The van der Waals surface area contributed by atoms with Gasteiger partial charge in [-0.3, -0.25) is 4.79 Å². The first-order valence-electron chi connectivity index (χ1n) is 11.4. The lowest BCUT2D eigenvalue weighted by Crippen LogP contribution is -2.36. The molecule has 1 aliphatic carbocycles. The van der Waals surface area contributed by atoms with Crippen molar-refractivity contribution in [2.24, 2.45) is 5.41 Å². The molecule has 8 heteroatoms. The number of halogens is 1. The van der Waals surface area contributed by atoms with Crippen LogP contribution in [0.1, 0.15) is 50.8 Å². The Balaban J connectivity index is 1.52. The fourth-order valence-electron chi connectivity index (χ4n) is 4.63. The fourth-order valence-corrected chi connectivity index (χ4v) is 5.74. The predicted molar refractivity (Wildman–Crippen MR) is 135 cm³/mol. The summed E-state index contributed by atoms with van der Waals surface area (Å²) in [4.78, 5) is 18.1. The number of ketones is 1. The van der Waals surface area contributed by atoms with E-state index in [-0.39, 0.29) is 17.2 Å². The van der Waals surface area contributed by atoms with E-state index >= 15 is 0 Å². The summed E-state index contributed by atoms with van der Waals surface area (Å²) in [5.41, 5.74) is 3.65. The molecule has 2 aliphatic rings. The number of fused-ring (bicyclic) bond motifs is 1. The minimum Gasteiger partial charge on any atom is -0.494 e. The molecule has 0 radical (unpaired) electrons. The molecule has 0 fully saturated rings. The molecular weight excluding hydrogens is 468 g/mol. The zero-order valence-electron chi connectivity index (χ0n) is 19.5. The van der Waals surface area contributed by atoms with Crippen molar-refractivity contribution in [2.75, 3.05) is 11.9 Å². The van der Waals surface area contributed by atoms with Crippen LogP contribution in [0.5, 0.6) is 5.75 Å². The quantitative estimate of drug-likeness (QED) is 0.406. The SMILES string of the molecule is CCOc1ccc(C2C3=C(CC(C)(C)CC3=O)Nc3nc(SCc4ccccc4Cl)nn32)cc1. The number of aromatic nitrogens is 3. The minimum absolute atomic E-state index is 0.101. The van der Waals surface area contributed by atoms with Crippen molar-refractivity contribution in [2.45, 2.75) is 50.6 Å². The number of Topliss-reactive ketones (excluding diaryl/α,β-unsaturated/α-hetero) is 1. The standard InChI is InChI=1S/C26H27ClN4O2S/c1-4-33-18-11-9-16(10-12-18)23-22-20(13-26(2,3)14-21(22)32)28-24-29-25(30-31(23)24)34-15-17-7-5-6-8-19(17)27/h5-12,23H,4,13-15H2,1-3H3,(H,28,29,30). The van der Waals surface area contributed by atoms with Gasteiger partial charge in [-0.05, 0) is 48.1 Å². The van der Waals surface area contributed by atoms with Gasteiger partial charge in [0.05, 0.1) is 6.61 Å². The Hall–Kier alpha value is -2.77. The van der Waals surface area contributed by atoms with E-state index in [1.807, 2.05) is 60.1 Å². The van der Waals surface area contributed by atoms with Crippen LogP contribution >= 0.6 is 23.4 Å². The Labute approximate surface area is 208 Å². The van der Waals surface area contributed by atoms with Crippen molar-refractivity contribution >= 4 is 35.1 Å². The molecule has 1 unspecified atom stereocenters. The third-order valence-corrected chi connectivity index (χ3v) is 7.39. The summed E-state index contributed by atoms with van der Waals surface area (Å²) in [7, 11) is 0. The maximum Gasteiger partial charge on any atom is 0.227 e. The summed E-state index contributed by atoms with van der Waals surface area (Å²) in [6, 6.07) is 15.4. The van der Waals surface area contributed by atoms with Gasteiger partial charge in [-0.1, -0.05) is 67.5 Å². The molecule has 0 saturated carbocycles. The van der Waals surface area contributed by atoms with Crippen LogP contribution in [0.2, 0.25) is 5.02 Å². The Bertz CT molecular complexity index is 1270. The summed E-state index contributed by atoms with van der Waals surface area (Å²) >= 11 is 7.86. The number of carbonyl (C=O) groups excluding carboxylic acids is 1. The molecule has 1 aliphatic heterocycles. The van der Waals surface area contributed by atoms with Gasteiger partial charge >= 0.3 is 0 Å². The van der Waals surface area contributed by atoms with Crippen LogP contribution in [0.4, 0.5) is 5.95 Å². The van der Waals surface area contributed by atoms with Crippen LogP contribution in [0, 0.1) is 5.41 Å². The highest BCUT2D eigenvalue weighted by molar-refractivity contribution is 7.98. The topological polar surface area (TPSA) is 69.0 Å². The molecule has 5 rings (SSSR count). The first-order chi connectivity index (χ1) is 16.3. The maximum atomic E-state index is 13.4. The van der Waals surface area contributed by atoms with Gasteiger partial charge < -0.3 is 10.1 Å². The van der Waals surface area contributed by atoms with E-state index in [1.54, 1.807) is 0 Å². The first kappa shape index (κ1) is 23.0. The van der Waals surface area contributed by atoms with E-state index in [9.17, 15) is 4.79 Å². The minimum atomic E-state index is -0.326. The normalized spacial score (nSPS) is 18.8. The number of ether oxygens (including phenoxy) is 1. The molecule has 3 aromatic rings. The van der Waals surface area contributed by atoms with Crippen LogP contribution < -0.4 is 10.1 Å². The third kappa shape index (κ3) is 4.46. The largest absolute Gasteiger partial charge is 0.494 e. The zero-order valence-corrected chi connectivity index (χ0v) is 21.0. The van der Waals surface area contributed by atoms with Crippen molar-refractivity contribution in [3.63, 3.8) is 0 Å². The Kier molecular flexibility index (Phi) is 6.16. The van der Waals surface area contributed by atoms with E-state index in [1.165, 1.54) is 11.8 Å². The third-order valence-electron chi connectivity index (χ3n) is 6.13. The average molecular weight is 495 g/mol. The van der Waals surface area contributed by atoms with Crippen molar-refractivity contribution in [3.8, 4) is 5.75 Å². The number of nitrogens with one attached hydrogen (secondary N) is 1. The molecule has 34 heavy (non-hydrogen) atoms. The monoisotopic (exact) mass is 494 g/mol. The molecule has 1 atom stereocenters. The molecule has 176 valence electrons. The smallest absolute Gasteiger partial charge is 0.227 e. The lowest BCUT2D eigenvalue weighted by Gasteiger charge is -2.38. The van der Waals surface area contributed by atoms with Gasteiger partial charge in [-0.15, -0.1) is 5.10 Å². The molecule has 0 amide bonds. The lowest BCUT2D eigenvalue weighted by molar-refractivity contribution is -0.118. The van der Waals surface area contributed by atoms with Crippen molar-refractivity contribution in [1.29, 1.82) is 0 Å². The number of thioether (sulfide) groups is 1. The zero-order chi connectivity index (χ0) is 23.9. The van der Waals surface area contributed by atoms with E-state index in [4.69, 9.17) is 26.4 Å². The highest BCUT2D eigenvalue weighted by atomic mass is 35.5. The number of nitrogens with zero attached hydrogens (tertiary/aromatic N) is 3. The van der Waals surface area contributed by atoms with Gasteiger partial charge in [0.2, 0.25) is 11.1 Å². The van der Waals surface area contributed by atoms with Crippen LogP contribution in [-0.2, 0) is 10.5 Å². The number of carbonyl (C=O) groups is 1. The van der Waals surface area contributed by atoms with E-state index in [0.29, 0.717) is 29.9 Å². The van der Waals surface area contributed by atoms with Gasteiger partial charge in [0.25, 0.3) is 0 Å². The number of hydrogen-bond acceptors (Lipinski definition) is 6. The Morgan fingerprint density at radius 2 is 1.94 bits per heavy atom. The van der Waals surface area contributed by atoms with Crippen molar-refractivity contribution in [3.05, 3.63) is 76.0 Å². The number of rotatable bonds is 6. The first-order valence-corrected chi connectivity index (χ1v) is 12.8. The molecule has 1 N–H and O–H groups in total. The average Bonchev–Trinajstić information content (AvgIpc) is 3.19. The van der Waals surface area contributed by atoms with E-state index in [0.717, 1.165) is 39.6 Å².